The minimum absolute atomic E-state index is 0.233. The van der Waals surface area contributed by atoms with Gasteiger partial charge >= 0.3 is 0 Å². The van der Waals surface area contributed by atoms with E-state index in [9.17, 15) is 9.59 Å². The summed E-state index contributed by atoms with van der Waals surface area (Å²) in [6, 6.07) is 10.9. The van der Waals surface area contributed by atoms with Gasteiger partial charge in [-0.25, -0.2) is 0 Å². The van der Waals surface area contributed by atoms with E-state index in [-0.39, 0.29) is 6.61 Å². The molecule has 0 unspecified atom stereocenters. The van der Waals surface area contributed by atoms with E-state index in [1.165, 1.54) is 6.08 Å². The highest BCUT2D eigenvalue weighted by Gasteiger charge is 2.10. The van der Waals surface area contributed by atoms with Gasteiger partial charge < -0.3 is 9.47 Å². The molecule has 0 spiro atoms. The minimum atomic E-state index is -0.476. The Morgan fingerprint density at radius 3 is 2.44 bits per heavy atom. The summed E-state index contributed by atoms with van der Waals surface area (Å²) in [6.45, 7) is 1.64. The van der Waals surface area contributed by atoms with Crippen molar-refractivity contribution in [2.45, 2.75) is 6.92 Å². The van der Waals surface area contributed by atoms with Crippen molar-refractivity contribution in [3.8, 4) is 11.5 Å². The number of methoxy groups -OCH3 is 1. The van der Waals surface area contributed by atoms with Crippen LogP contribution in [-0.2, 0) is 9.59 Å². The van der Waals surface area contributed by atoms with Crippen LogP contribution in [0.4, 0.5) is 0 Å². The summed E-state index contributed by atoms with van der Waals surface area (Å²) in [6.07, 6.45) is 2.94. The number of hydrazine groups is 1. The van der Waals surface area contributed by atoms with E-state index in [1.807, 2.05) is 31.2 Å². The molecule has 0 saturated heterocycles. The number of benzene rings is 2. The van der Waals surface area contributed by atoms with E-state index in [2.05, 4.69) is 42.7 Å². The largest absolute Gasteiger partial charge is 0.497 e. The maximum atomic E-state index is 11.8. The number of amides is 2. The van der Waals surface area contributed by atoms with Crippen LogP contribution in [0.25, 0.3) is 6.08 Å². The minimum Gasteiger partial charge on any atom is -0.497 e. The molecule has 0 aliphatic carbocycles. The number of halogens is 2. The highest BCUT2D eigenvalue weighted by Crippen LogP contribution is 2.32. The molecular formula is C19H18Br2N2O4. The summed E-state index contributed by atoms with van der Waals surface area (Å²) < 4.78 is 12.2. The Labute approximate surface area is 174 Å². The fourth-order valence-electron chi connectivity index (χ4n) is 2.11. The van der Waals surface area contributed by atoms with Crippen LogP contribution in [0.5, 0.6) is 11.5 Å². The molecule has 0 bridgehead atoms. The molecule has 0 fully saturated rings. The molecule has 27 heavy (non-hydrogen) atoms. The van der Waals surface area contributed by atoms with Crippen LogP contribution >= 0.6 is 31.9 Å². The van der Waals surface area contributed by atoms with E-state index in [0.717, 1.165) is 25.8 Å². The van der Waals surface area contributed by atoms with Crippen LogP contribution in [0.2, 0.25) is 0 Å². The van der Waals surface area contributed by atoms with Crippen LogP contribution in [-0.4, -0.2) is 25.5 Å². The molecule has 0 atom stereocenters. The van der Waals surface area contributed by atoms with Gasteiger partial charge in [-0.05, 0) is 64.3 Å². The Balaban J connectivity index is 1.79. The number of hydrogen-bond donors (Lipinski definition) is 2. The Hall–Kier alpha value is -2.32. The number of rotatable bonds is 6. The first kappa shape index (κ1) is 21.0. The number of carbonyl (C=O) groups excluding carboxylic acids is 2. The lowest BCUT2D eigenvalue weighted by atomic mass is 10.2. The molecule has 8 heteroatoms. The third-order valence-corrected chi connectivity index (χ3v) is 4.46. The van der Waals surface area contributed by atoms with Crippen molar-refractivity contribution in [1.82, 2.24) is 10.9 Å². The lowest BCUT2D eigenvalue weighted by molar-refractivity contribution is -0.128. The van der Waals surface area contributed by atoms with Gasteiger partial charge in [0.25, 0.3) is 11.8 Å². The number of ether oxygens (including phenoxy) is 2. The van der Waals surface area contributed by atoms with Crippen LogP contribution in [0.15, 0.2) is 51.4 Å². The van der Waals surface area contributed by atoms with Crippen molar-refractivity contribution in [2.75, 3.05) is 13.7 Å². The predicted octanol–water partition coefficient (Wildman–Crippen LogP) is 3.77. The van der Waals surface area contributed by atoms with Crippen molar-refractivity contribution < 1.29 is 19.1 Å². The van der Waals surface area contributed by atoms with Gasteiger partial charge in [-0.1, -0.05) is 28.1 Å². The summed E-state index contributed by atoms with van der Waals surface area (Å²) in [5, 5.41) is 0. The first-order chi connectivity index (χ1) is 12.9. The zero-order chi connectivity index (χ0) is 19.8. The maximum absolute atomic E-state index is 11.8. The number of hydrogen-bond acceptors (Lipinski definition) is 4. The molecule has 2 amide bonds. The number of carbonyl (C=O) groups is 2. The highest BCUT2D eigenvalue weighted by molar-refractivity contribution is 9.11. The summed E-state index contributed by atoms with van der Waals surface area (Å²) in [7, 11) is 1.58. The van der Waals surface area contributed by atoms with Gasteiger partial charge in [-0.15, -0.1) is 0 Å². The molecule has 2 aromatic carbocycles. The van der Waals surface area contributed by atoms with Crippen molar-refractivity contribution in [3.63, 3.8) is 0 Å². The normalized spacial score (nSPS) is 10.5. The average Bonchev–Trinajstić information content (AvgIpc) is 2.64. The predicted molar refractivity (Wildman–Crippen MR) is 110 cm³/mol. The van der Waals surface area contributed by atoms with E-state index in [4.69, 9.17) is 9.47 Å². The van der Waals surface area contributed by atoms with Gasteiger partial charge in [0, 0.05) is 10.5 Å². The smallest absolute Gasteiger partial charge is 0.276 e. The standard InChI is InChI=1S/C19H18Br2N2O4/c1-12-9-14(20)10-16(21)19(12)27-11-18(25)23-22-17(24)8-5-13-3-6-15(26-2)7-4-13/h3-10H,11H2,1-2H3,(H,22,24)(H,23,25). The van der Waals surface area contributed by atoms with Crippen LogP contribution < -0.4 is 20.3 Å². The second kappa shape index (κ2) is 10.1. The number of aryl methyl sites for hydroxylation is 1. The quantitative estimate of drug-likeness (QED) is 0.470. The van der Waals surface area contributed by atoms with Crippen molar-refractivity contribution >= 4 is 49.8 Å². The summed E-state index contributed by atoms with van der Waals surface area (Å²) in [4.78, 5) is 23.6. The van der Waals surface area contributed by atoms with E-state index in [1.54, 1.807) is 25.3 Å². The Morgan fingerprint density at radius 2 is 1.81 bits per heavy atom. The molecule has 2 aromatic rings. The molecule has 0 aromatic heterocycles. The molecule has 142 valence electrons. The molecule has 6 nitrogen and oxygen atoms in total. The molecule has 2 rings (SSSR count). The molecule has 2 N–H and O–H groups in total. The molecular weight excluding hydrogens is 480 g/mol. The monoisotopic (exact) mass is 496 g/mol. The fourth-order valence-corrected chi connectivity index (χ4v) is 3.66. The SMILES string of the molecule is COc1ccc(C=CC(=O)NNC(=O)COc2c(C)cc(Br)cc2Br)cc1. The topological polar surface area (TPSA) is 76.7 Å². The van der Waals surface area contributed by atoms with Crippen molar-refractivity contribution in [2.24, 2.45) is 0 Å². The van der Waals surface area contributed by atoms with Crippen molar-refractivity contribution in [1.29, 1.82) is 0 Å². The third kappa shape index (κ3) is 6.73. The van der Waals surface area contributed by atoms with Gasteiger partial charge in [-0.2, -0.15) is 0 Å². The van der Waals surface area contributed by atoms with E-state index < -0.39 is 11.8 Å². The summed E-state index contributed by atoms with van der Waals surface area (Å²) in [5.41, 5.74) is 6.30. The molecule has 0 saturated carbocycles. The van der Waals surface area contributed by atoms with Crippen LogP contribution in [0, 0.1) is 6.92 Å². The Kier molecular flexibility index (Phi) is 7.87. The Morgan fingerprint density at radius 1 is 1.11 bits per heavy atom. The highest BCUT2D eigenvalue weighted by atomic mass is 79.9. The van der Waals surface area contributed by atoms with Crippen LogP contribution in [0.3, 0.4) is 0 Å². The molecule has 0 aliphatic heterocycles. The van der Waals surface area contributed by atoms with Gasteiger partial charge in [0.05, 0.1) is 11.6 Å². The second-order valence-corrected chi connectivity index (χ2v) is 7.24. The second-order valence-electron chi connectivity index (χ2n) is 5.47. The van der Waals surface area contributed by atoms with Gasteiger partial charge in [0.1, 0.15) is 11.5 Å². The molecule has 0 radical (unpaired) electrons. The van der Waals surface area contributed by atoms with Gasteiger partial charge in [0.2, 0.25) is 0 Å². The lowest BCUT2D eigenvalue weighted by Crippen LogP contribution is -2.43. The first-order valence-electron chi connectivity index (χ1n) is 7.88. The summed E-state index contributed by atoms with van der Waals surface area (Å²) >= 11 is 6.77. The average molecular weight is 498 g/mol. The first-order valence-corrected chi connectivity index (χ1v) is 9.47. The van der Waals surface area contributed by atoms with E-state index >= 15 is 0 Å². The van der Waals surface area contributed by atoms with E-state index in [0.29, 0.717) is 5.75 Å². The summed E-state index contributed by atoms with van der Waals surface area (Å²) in [5.74, 6) is 0.367. The van der Waals surface area contributed by atoms with Crippen molar-refractivity contribution in [3.05, 3.63) is 62.5 Å². The zero-order valence-corrected chi connectivity index (χ0v) is 17.9. The lowest BCUT2D eigenvalue weighted by Gasteiger charge is -2.12. The third-order valence-electron chi connectivity index (χ3n) is 3.41. The number of nitrogens with one attached hydrogen (secondary N) is 2. The zero-order valence-electron chi connectivity index (χ0n) is 14.7. The molecule has 0 aliphatic rings. The van der Waals surface area contributed by atoms with Gasteiger partial charge in [-0.3, -0.25) is 20.4 Å². The Bertz CT molecular complexity index is 828. The van der Waals surface area contributed by atoms with Crippen LogP contribution in [0.1, 0.15) is 11.1 Å². The maximum Gasteiger partial charge on any atom is 0.276 e. The fraction of sp³-hybridized carbons (Fsp3) is 0.158. The van der Waals surface area contributed by atoms with Gasteiger partial charge in [0.15, 0.2) is 6.61 Å². The molecule has 0 heterocycles.